The fraction of sp³-hybridized carbons (Fsp3) is 0.119. The largest absolute Gasteiger partial charge is 0.463 e. The average molecular weight is 605 g/mol. The molecular weight excluding hydrogens is 567 g/mol. The van der Waals surface area contributed by atoms with E-state index < -0.39 is 7.92 Å². The minimum atomic E-state index is -0.932. The predicted molar refractivity (Wildman–Crippen MR) is 191 cm³/mol. The third kappa shape index (κ3) is 6.98. The fourth-order valence-corrected chi connectivity index (χ4v) is 8.44. The Morgan fingerprint density at radius 1 is 0.711 bits per heavy atom. The van der Waals surface area contributed by atoms with Crippen molar-refractivity contribution in [1.29, 1.82) is 0 Å². The zero-order valence-electron chi connectivity index (χ0n) is 25.6. The van der Waals surface area contributed by atoms with Crippen molar-refractivity contribution in [2.75, 3.05) is 6.61 Å². The van der Waals surface area contributed by atoms with Crippen molar-refractivity contribution in [3.8, 4) is 22.3 Å². The quantitative estimate of drug-likeness (QED) is 0.0688. The van der Waals surface area contributed by atoms with Crippen LogP contribution in [0.15, 0.2) is 169 Å². The van der Waals surface area contributed by atoms with Gasteiger partial charge in [0.05, 0.1) is 6.61 Å². The van der Waals surface area contributed by atoms with Crippen LogP contribution in [0.4, 0.5) is 0 Å². The van der Waals surface area contributed by atoms with Crippen LogP contribution in [-0.4, -0.2) is 12.6 Å². The lowest BCUT2D eigenvalue weighted by Crippen LogP contribution is -2.26. The van der Waals surface area contributed by atoms with Crippen LogP contribution in [0, 0.1) is 0 Å². The second-order valence-corrected chi connectivity index (χ2v) is 13.2. The van der Waals surface area contributed by atoms with Gasteiger partial charge in [-0.05, 0) is 63.6 Å². The maximum absolute atomic E-state index is 13.1. The van der Waals surface area contributed by atoms with E-state index in [0.717, 1.165) is 29.5 Å². The molecule has 0 N–H and O–H groups in total. The molecule has 1 unspecified atom stereocenters. The van der Waals surface area contributed by atoms with Gasteiger partial charge in [-0.3, -0.25) is 0 Å². The molecule has 0 aromatic heterocycles. The minimum Gasteiger partial charge on any atom is -0.463 e. The molecule has 0 saturated heterocycles. The molecule has 0 aliphatic heterocycles. The van der Waals surface area contributed by atoms with Gasteiger partial charge in [-0.1, -0.05) is 171 Å². The van der Waals surface area contributed by atoms with Gasteiger partial charge < -0.3 is 4.74 Å². The number of carbonyl (C=O) groups excluding carboxylic acids is 1. The van der Waals surface area contributed by atoms with Crippen molar-refractivity contribution in [3.05, 3.63) is 175 Å². The molecular formula is C42H37O2P. The highest BCUT2D eigenvalue weighted by atomic mass is 31.1. The minimum absolute atomic E-state index is 0.153. The number of benzene rings is 5. The van der Waals surface area contributed by atoms with Crippen LogP contribution in [-0.2, 0) is 9.53 Å². The van der Waals surface area contributed by atoms with Crippen LogP contribution >= 0.6 is 7.92 Å². The van der Waals surface area contributed by atoms with E-state index in [-0.39, 0.29) is 11.9 Å². The average Bonchev–Trinajstić information content (AvgIpc) is 3.10. The number of unbranched alkanes of at least 4 members (excludes halogenated alkanes) is 1. The molecule has 1 aliphatic carbocycles. The van der Waals surface area contributed by atoms with E-state index in [9.17, 15) is 4.79 Å². The Labute approximate surface area is 268 Å². The third-order valence-electron chi connectivity index (χ3n) is 8.04. The number of esters is 1. The zero-order valence-corrected chi connectivity index (χ0v) is 26.4. The third-order valence-corrected chi connectivity index (χ3v) is 10.5. The van der Waals surface area contributed by atoms with E-state index in [1.54, 1.807) is 6.08 Å². The van der Waals surface area contributed by atoms with E-state index in [1.165, 1.54) is 32.6 Å². The molecule has 222 valence electrons. The Morgan fingerprint density at radius 2 is 1.29 bits per heavy atom. The molecule has 5 aromatic rings. The molecule has 3 heteroatoms. The Hall–Kier alpha value is -4.78. The SMILES string of the molecule is CCCCOC(=O)C=C1C=CC=CC1c1c(P(c2ccccc2)c2ccccc2)ccc(-c2ccccc2)c1-c1ccccc1. The number of carbonyl (C=O) groups is 1. The summed E-state index contributed by atoms with van der Waals surface area (Å²) in [7, 11) is -0.932. The number of allylic oxidation sites excluding steroid dienone is 5. The van der Waals surface area contributed by atoms with Gasteiger partial charge in [-0.25, -0.2) is 4.79 Å². The van der Waals surface area contributed by atoms with Crippen LogP contribution in [0.5, 0.6) is 0 Å². The molecule has 2 nitrogen and oxygen atoms in total. The maximum Gasteiger partial charge on any atom is 0.331 e. The van der Waals surface area contributed by atoms with E-state index in [1.807, 2.05) is 6.08 Å². The smallest absolute Gasteiger partial charge is 0.331 e. The van der Waals surface area contributed by atoms with E-state index >= 15 is 0 Å². The van der Waals surface area contributed by atoms with Gasteiger partial charge in [-0.15, -0.1) is 0 Å². The van der Waals surface area contributed by atoms with E-state index in [4.69, 9.17) is 4.74 Å². The summed E-state index contributed by atoms with van der Waals surface area (Å²) in [5, 5.41) is 3.84. The molecule has 0 saturated carbocycles. The Bertz CT molecular complexity index is 1770. The van der Waals surface area contributed by atoms with Crippen molar-refractivity contribution in [1.82, 2.24) is 0 Å². The molecule has 45 heavy (non-hydrogen) atoms. The van der Waals surface area contributed by atoms with Gasteiger partial charge in [0.25, 0.3) is 0 Å². The Morgan fingerprint density at radius 3 is 1.89 bits per heavy atom. The first kappa shape index (κ1) is 30.3. The van der Waals surface area contributed by atoms with Crippen LogP contribution in [0.25, 0.3) is 22.3 Å². The van der Waals surface area contributed by atoms with Crippen molar-refractivity contribution >= 4 is 29.8 Å². The lowest BCUT2D eigenvalue weighted by Gasteiger charge is -2.30. The van der Waals surface area contributed by atoms with Crippen LogP contribution < -0.4 is 15.9 Å². The lowest BCUT2D eigenvalue weighted by atomic mass is 9.80. The molecule has 0 radical (unpaired) electrons. The molecule has 1 atom stereocenters. The normalized spacial score (nSPS) is 15.0. The second-order valence-electron chi connectivity index (χ2n) is 11.0. The molecule has 0 amide bonds. The van der Waals surface area contributed by atoms with Crippen LogP contribution in [0.3, 0.4) is 0 Å². The van der Waals surface area contributed by atoms with Crippen molar-refractivity contribution < 1.29 is 9.53 Å². The Kier molecular flexibility index (Phi) is 9.95. The van der Waals surface area contributed by atoms with E-state index in [2.05, 4.69) is 159 Å². The van der Waals surface area contributed by atoms with Crippen molar-refractivity contribution in [2.45, 2.75) is 25.7 Å². The number of hydrogen-bond acceptors (Lipinski definition) is 2. The van der Waals surface area contributed by atoms with Crippen LogP contribution in [0.1, 0.15) is 31.2 Å². The molecule has 0 fully saturated rings. The number of hydrogen-bond donors (Lipinski definition) is 0. The first-order valence-electron chi connectivity index (χ1n) is 15.7. The highest BCUT2D eigenvalue weighted by Gasteiger charge is 2.29. The molecule has 5 aromatic carbocycles. The molecule has 0 spiro atoms. The topological polar surface area (TPSA) is 26.3 Å². The number of rotatable bonds is 10. The maximum atomic E-state index is 13.1. The number of ether oxygens (including phenoxy) is 1. The van der Waals surface area contributed by atoms with Gasteiger partial charge in [0.15, 0.2) is 0 Å². The summed E-state index contributed by atoms with van der Waals surface area (Å²) in [5.41, 5.74) is 6.82. The zero-order chi connectivity index (χ0) is 30.8. The van der Waals surface area contributed by atoms with Gasteiger partial charge >= 0.3 is 5.97 Å². The summed E-state index contributed by atoms with van der Waals surface area (Å²) in [6.45, 7) is 2.53. The first-order chi connectivity index (χ1) is 22.2. The van der Waals surface area contributed by atoms with Crippen molar-refractivity contribution in [2.24, 2.45) is 0 Å². The fourth-order valence-electron chi connectivity index (χ4n) is 5.93. The summed E-state index contributed by atoms with van der Waals surface area (Å²) >= 11 is 0. The van der Waals surface area contributed by atoms with Crippen LogP contribution in [0.2, 0.25) is 0 Å². The summed E-state index contributed by atoms with van der Waals surface area (Å²) in [6, 6.07) is 47.6. The predicted octanol–water partition coefficient (Wildman–Crippen LogP) is 9.26. The highest BCUT2D eigenvalue weighted by molar-refractivity contribution is 7.80. The standard InChI is InChI=1S/C42H37O2P/c1-2-3-30-44-40(43)31-34-22-16-17-27-37(34)42-39(45(35-23-12-6-13-24-35)36-25-14-7-15-26-36)29-28-38(32-18-8-4-9-19-32)41(42)33-20-10-5-11-21-33/h4-29,31,37H,2-3,30H2,1H3. The monoisotopic (exact) mass is 604 g/mol. The molecule has 0 heterocycles. The molecule has 6 rings (SSSR count). The summed E-state index contributed by atoms with van der Waals surface area (Å²) in [5.74, 6) is -0.446. The second kappa shape index (κ2) is 14.8. The first-order valence-corrected chi connectivity index (χ1v) is 17.0. The van der Waals surface area contributed by atoms with Gasteiger partial charge in [0.2, 0.25) is 0 Å². The summed E-state index contributed by atoms with van der Waals surface area (Å²) in [6.07, 6.45) is 11.9. The Balaban J connectivity index is 1.66. The summed E-state index contributed by atoms with van der Waals surface area (Å²) in [4.78, 5) is 13.1. The van der Waals surface area contributed by atoms with Gasteiger partial charge in [0.1, 0.15) is 0 Å². The lowest BCUT2D eigenvalue weighted by molar-refractivity contribution is -0.137. The molecule has 1 aliphatic rings. The molecule has 0 bridgehead atoms. The van der Waals surface area contributed by atoms with Crippen molar-refractivity contribution in [3.63, 3.8) is 0 Å². The van der Waals surface area contributed by atoms with Gasteiger partial charge in [-0.2, -0.15) is 0 Å². The highest BCUT2D eigenvalue weighted by Crippen LogP contribution is 2.46. The van der Waals surface area contributed by atoms with Gasteiger partial charge in [0, 0.05) is 12.0 Å². The summed E-state index contributed by atoms with van der Waals surface area (Å²) < 4.78 is 5.62. The van der Waals surface area contributed by atoms with E-state index in [0.29, 0.717) is 6.61 Å².